The van der Waals surface area contributed by atoms with Crippen LogP contribution in [0.1, 0.15) is 22.3 Å². The second kappa shape index (κ2) is 6.41. The van der Waals surface area contributed by atoms with Crippen molar-refractivity contribution in [3.8, 4) is 11.5 Å². The van der Waals surface area contributed by atoms with Gasteiger partial charge in [-0.2, -0.15) is 0 Å². The number of rotatable bonds is 2. The van der Waals surface area contributed by atoms with Crippen molar-refractivity contribution in [1.82, 2.24) is 0 Å². The van der Waals surface area contributed by atoms with Gasteiger partial charge < -0.3 is 9.47 Å². The van der Waals surface area contributed by atoms with Crippen LogP contribution >= 0.6 is 0 Å². The number of ether oxygens (including phenoxy) is 2. The molecular formula is C28H20N2O2+2. The molecule has 0 aliphatic carbocycles. The second-order valence-corrected chi connectivity index (χ2v) is 8.34. The maximum atomic E-state index is 6.83. The Morgan fingerprint density at radius 2 is 1.03 bits per heavy atom. The largest absolute Gasteiger partial charge is 0.714 e. The van der Waals surface area contributed by atoms with Gasteiger partial charge in [0.25, 0.3) is 0 Å². The molecule has 1 spiro atoms. The van der Waals surface area contributed by atoms with Gasteiger partial charge in [0.2, 0.25) is 11.4 Å². The monoisotopic (exact) mass is 416 g/mol. The summed E-state index contributed by atoms with van der Waals surface area (Å²) in [5.41, 5.74) is 6.44. The molecule has 4 aromatic carbocycles. The molecule has 0 saturated carbocycles. The molecule has 152 valence electrons. The Morgan fingerprint density at radius 1 is 0.562 bits per heavy atom. The van der Waals surface area contributed by atoms with E-state index in [1.54, 1.807) is 0 Å². The summed E-state index contributed by atoms with van der Waals surface area (Å²) in [4.78, 5) is 0. The number of hydrogen-bond acceptors (Lipinski definition) is 2. The Labute approximate surface area is 185 Å². The maximum Gasteiger partial charge on any atom is 0.714 e. The van der Waals surface area contributed by atoms with E-state index >= 15 is 0 Å². The van der Waals surface area contributed by atoms with Gasteiger partial charge in [-0.1, -0.05) is 57.7 Å². The third-order valence-corrected chi connectivity index (χ3v) is 6.26. The van der Waals surface area contributed by atoms with Gasteiger partial charge in [-0.05, 0) is 41.8 Å². The average Bonchev–Trinajstić information content (AvgIpc) is 2.84. The summed E-state index contributed by atoms with van der Waals surface area (Å²) in [6.07, 6.45) is 5.08. The summed E-state index contributed by atoms with van der Waals surface area (Å²) in [5, 5.41) is 0. The Kier molecular flexibility index (Phi) is 3.50. The van der Waals surface area contributed by atoms with Gasteiger partial charge in [-0.3, -0.25) is 0 Å². The van der Waals surface area contributed by atoms with E-state index in [9.17, 15) is 0 Å². The molecule has 0 atom stereocenters. The fourth-order valence-electron chi connectivity index (χ4n) is 4.72. The van der Waals surface area contributed by atoms with Crippen molar-refractivity contribution in [2.45, 2.75) is 12.5 Å². The molecule has 0 aromatic heterocycles. The van der Waals surface area contributed by atoms with Crippen molar-refractivity contribution in [3.63, 3.8) is 0 Å². The summed E-state index contributed by atoms with van der Waals surface area (Å²) in [6, 6.07) is 32.1. The van der Waals surface area contributed by atoms with Crippen molar-refractivity contribution in [3.05, 3.63) is 119 Å². The van der Waals surface area contributed by atoms with E-state index in [2.05, 4.69) is 82.2 Å². The maximum absolute atomic E-state index is 6.83. The van der Waals surface area contributed by atoms with Gasteiger partial charge in [-0.25, -0.2) is 0 Å². The summed E-state index contributed by atoms with van der Waals surface area (Å²) < 4.78 is 17.8. The lowest BCUT2D eigenvalue weighted by Gasteiger charge is -2.32. The van der Waals surface area contributed by atoms with Crippen molar-refractivity contribution in [2.24, 2.45) is 0 Å². The number of para-hydroxylation sites is 2. The lowest BCUT2D eigenvalue weighted by atomic mass is 9.99. The first kappa shape index (κ1) is 17.5. The summed E-state index contributed by atoms with van der Waals surface area (Å²) in [6.45, 7) is 0. The molecule has 0 N–H and O–H groups in total. The van der Waals surface area contributed by atoms with Crippen LogP contribution in [0.25, 0.3) is 0 Å². The molecule has 5 bridgehead atoms. The third kappa shape index (κ3) is 2.50. The zero-order valence-electron chi connectivity index (χ0n) is 17.3. The third-order valence-electron chi connectivity index (χ3n) is 6.26. The topological polar surface area (TPSA) is 24.5 Å². The molecule has 32 heavy (non-hydrogen) atoms. The van der Waals surface area contributed by atoms with Crippen LogP contribution in [-0.4, -0.2) is 27.6 Å². The first-order valence-electron chi connectivity index (χ1n) is 10.8. The first-order valence-corrected chi connectivity index (χ1v) is 10.8. The van der Waals surface area contributed by atoms with Crippen LogP contribution in [0.15, 0.2) is 97.1 Å². The van der Waals surface area contributed by atoms with Crippen LogP contribution in [0.4, 0.5) is 11.4 Å². The van der Waals surface area contributed by atoms with Crippen LogP contribution in [0.5, 0.6) is 11.5 Å². The highest BCUT2D eigenvalue weighted by molar-refractivity contribution is 5.84. The van der Waals surface area contributed by atoms with Crippen LogP contribution in [-0.2, 0) is 6.42 Å². The van der Waals surface area contributed by atoms with E-state index in [0.717, 1.165) is 40.4 Å². The minimum atomic E-state index is -1.24. The second-order valence-electron chi connectivity index (χ2n) is 8.34. The highest BCUT2D eigenvalue weighted by atomic mass is 16.7. The minimum Gasteiger partial charge on any atom is -0.340 e. The molecule has 4 nitrogen and oxygen atoms in total. The first-order chi connectivity index (χ1) is 15.8. The Bertz CT molecular complexity index is 1330. The van der Waals surface area contributed by atoms with E-state index in [1.165, 1.54) is 11.1 Å². The van der Waals surface area contributed by atoms with E-state index in [4.69, 9.17) is 9.47 Å². The Balaban J connectivity index is 1.60. The fourth-order valence-corrected chi connectivity index (χ4v) is 4.72. The molecule has 3 heterocycles. The quantitative estimate of drug-likeness (QED) is 0.419. The van der Waals surface area contributed by atoms with Crippen molar-refractivity contribution in [1.29, 1.82) is 0 Å². The fraction of sp³-hybridized carbons (Fsp3) is 0.0714. The lowest BCUT2D eigenvalue weighted by Crippen LogP contribution is -2.61. The van der Waals surface area contributed by atoms with Crippen molar-refractivity contribution >= 4 is 23.8 Å². The Hall–Kier alpha value is -4.18. The van der Waals surface area contributed by atoms with Gasteiger partial charge in [-0.15, -0.1) is 0 Å². The van der Waals surface area contributed by atoms with Gasteiger partial charge >= 0.3 is 6.03 Å². The summed E-state index contributed by atoms with van der Waals surface area (Å²) in [5.74, 6) is 1.63. The van der Waals surface area contributed by atoms with Crippen molar-refractivity contribution in [2.75, 3.05) is 0 Å². The van der Waals surface area contributed by atoms with E-state index in [1.807, 2.05) is 36.4 Å². The predicted octanol–water partition coefficient (Wildman–Crippen LogP) is 5.21. The molecule has 0 saturated heterocycles. The summed E-state index contributed by atoms with van der Waals surface area (Å²) in [7, 11) is 0. The van der Waals surface area contributed by atoms with Gasteiger partial charge in [0, 0.05) is 24.3 Å². The number of fused-ring (bicyclic) bond motifs is 2. The normalized spacial score (nSPS) is 16.5. The van der Waals surface area contributed by atoms with Crippen molar-refractivity contribution < 1.29 is 18.6 Å². The zero-order chi connectivity index (χ0) is 21.1. The molecular weight excluding hydrogens is 396 g/mol. The van der Waals surface area contributed by atoms with Gasteiger partial charge in [0.05, 0.1) is 11.1 Å². The standard InChI is InChI=1S/C28H20N2O2/c1-3-7-24(8-4-1)29-18-22-13-11-20-15-21-12-14-23-19-30(25-9-5-2-6-10-25)28(29,31-26(22)16-20)32-27(23)17-21/h1-14,16-19H,15H2/q+2. The average molecular weight is 416 g/mol. The minimum absolute atomic E-state index is 0.817. The molecule has 3 aliphatic heterocycles. The van der Waals surface area contributed by atoms with Crippen LogP contribution < -0.4 is 9.47 Å². The highest BCUT2D eigenvalue weighted by Gasteiger charge is 2.66. The lowest BCUT2D eigenvalue weighted by molar-refractivity contribution is -0.855. The van der Waals surface area contributed by atoms with Crippen LogP contribution in [0.3, 0.4) is 0 Å². The van der Waals surface area contributed by atoms with Gasteiger partial charge in [0.1, 0.15) is 0 Å². The van der Waals surface area contributed by atoms with Crippen LogP contribution in [0.2, 0.25) is 0 Å². The van der Waals surface area contributed by atoms with E-state index in [-0.39, 0.29) is 0 Å². The molecule has 4 aromatic rings. The predicted molar refractivity (Wildman–Crippen MR) is 123 cm³/mol. The number of hydrogen-bond donors (Lipinski definition) is 0. The van der Waals surface area contributed by atoms with E-state index < -0.39 is 6.03 Å². The summed E-state index contributed by atoms with van der Waals surface area (Å²) >= 11 is 0. The smallest absolute Gasteiger partial charge is 0.340 e. The Morgan fingerprint density at radius 3 is 1.50 bits per heavy atom. The molecule has 0 fully saturated rings. The molecule has 0 amide bonds. The SMILES string of the molecule is C1=[N+](c2ccccc2)C23Oc4cc(ccc41)Cc1ccc(c(c1)O2)C=[N+]3c1ccccc1. The number of benzene rings is 4. The molecule has 7 rings (SSSR count). The highest BCUT2D eigenvalue weighted by Crippen LogP contribution is 2.41. The molecule has 3 aliphatic rings. The molecule has 4 heteroatoms. The number of nitrogens with zero attached hydrogens (tertiary/aromatic N) is 2. The van der Waals surface area contributed by atoms with Crippen LogP contribution in [0, 0.1) is 0 Å². The molecule has 0 unspecified atom stereocenters. The zero-order valence-corrected chi connectivity index (χ0v) is 17.3. The van der Waals surface area contributed by atoms with Gasteiger partial charge in [0.15, 0.2) is 23.9 Å². The molecule has 0 radical (unpaired) electrons. The van der Waals surface area contributed by atoms with E-state index in [0.29, 0.717) is 0 Å².